The lowest BCUT2D eigenvalue weighted by molar-refractivity contribution is -0.385. The second-order valence-corrected chi connectivity index (χ2v) is 8.98. The molecule has 1 N–H and O–H groups in total. The topological polar surface area (TPSA) is 128 Å². The van der Waals surface area contributed by atoms with Crippen LogP contribution in [0.25, 0.3) is 0 Å². The van der Waals surface area contributed by atoms with Crippen molar-refractivity contribution in [3.63, 3.8) is 0 Å². The molecule has 178 valence electrons. The van der Waals surface area contributed by atoms with E-state index in [2.05, 4.69) is 5.32 Å². The number of methoxy groups -OCH3 is 2. The summed E-state index contributed by atoms with van der Waals surface area (Å²) >= 11 is 0. The lowest BCUT2D eigenvalue weighted by Crippen LogP contribution is -2.38. The number of hydrogen-bond donors (Lipinski definition) is 1. The standard InChI is InChI=1S/C23H23N3O7S/c1-16-19(10-7-11-20(16)26(28)29)24-23(27)15-25(34(30,31)18-8-5-4-6-9-18)21-14-17(32-2)12-13-22(21)33-3/h4-14H,15H2,1-3H3,(H,24,27). The molecule has 0 saturated heterocycles. The van der Waals surface area contributed by atoms with Crippen LogP contribution in [0, 0.1) is 17.0 Å². The maximum absolute atomic E-state index is 13.6. The quantitative estimate of drug-likeness (QED) is 0.361. The summed E-state index contributed by atoms with van der Waals surface area (Å²) in [6.45, 7) is 0.875. The van der Waals surface area contributed by atoms with Gasteiger partial charge < -0.3 is 14.8 Å². The van der Waals surface area contributed by atoms with E-state index < -0.39 is 27.4 Å². The first kappa shape index (κ1) is 24.5. The molecule has 0 heterocycles. The minimum Gasteiger partial charge on any atom is -0.497 e. The third kappa shape index (κ3) is 5.09. The Morgan fingerprint density at radius 1 is 1.03 bits per heavy atom. The van der Waals surface area contributed by atoms with Crippen molar-refractivity contribution in [3.8, 4) is 11.5 Å². The number of sulfonamides is 1. The molecule has 0 unspecified atom stereocenters. The second kappa shape index (κ2) is 10.2. The van der Waals surface area contributed by atoms with Crippen LogP contribution in [0.1, 0.15) is 5.56 Å². The zero-order valence-electron chi connectivity index (χ0n) is 18.7. The molecule has 34 heavy (non-hydrogen) atoms. The second-order valence-electron chi connectivity index (χ2n) is 7.12. The van der Waals surface area contributed by atoms with Crippen LogP contribution in [0.5, 0.6) is 11.5 Å². The summed E-state index contributed by atoms with van der Waals surface area (Å²) in [6, 6.07) is 16.5. The van der Waals surface area contributed by atoms with Gasteiger partial charge in [0.1, 0.15) is 18.0 Å². The monoisotopic (exact) mass is 485 g/mol. The molecule has 0 aliphatic heterocycles. The Balaban J connectivity index is 2.05. The van der Waals surface area contributed by atoms with Crippen molar-refractivity contribution in [1.82, 2.24) is 0 Å². The van der Waals surface area contributed by atoms with Gasteiger partial charge in [-0.1, -0.05) is 24.3 Å². The van der Waals surface area contributed by atoms with E-state index in [0.717, 1.165) is 4.31 Å². The van der Waals surface area contributed by atoms with Crippen molar-refractivity contribution in [1.29, 1.82) is 0 Å². The van der Waals surface area contributed by atoms with Crippen LogP contribution in [0.3, 0.4) is 0 Å². The molecule has 3 aromatic carbocycles. The zero-order valence-corrected chi connectivity index (χ0v) is 19.5. The molecule has 3 aromatic rings. The van der Waals surface area contributed by atoms with Crippen LogP contribution in [0.2, 0.25) is 0 Å². The Morgan fingerprint density at radius 3 is 2.35 bits per heavy atom. The highest BCUT2D eigenvalue weighted by Crippen LogP contribution is 2.35. The summed E-state index contributed by atoms with van der Waals surface area (Å²) in [5, 5.41) is 13.8. The van der Waals surface area contributed by atoms with Gasteiger partial charge in [0.25, 0.3) is 15.7 Å². The SMILES string of the molecule is COc1ccc(OC)c(N(CC(=O)Nc2cccc([N+](=O)[O-])c2C)S(=O)(=O)c2ccccc2)c1. The maximum atomic E-state index is 13.6. The molecule has 0 aliphatic rings. The molecule has 0 spiro atoms. The number of nitrogens with one attached hydrogen (secondary N) is 1. The molecule has 3 rings (SSSR count). The van der Waals surface area contributed by atoms with Crippen molar-refractivity contribution in [2.45, 2.75) is 11.8 Å². The number of nitrogens with zero attached hydrogens (tertiary/aromatic N) is 2. The Kier molecular flexibility index (Phi) is 7.37. The van der Waals surface area contributed by atoms with Crippen LogP contribution >= 0.6 is 0 Å². The van der Waals surface area contributed by atoms with Crippen molar-refractivity contribution in [2.75, 3.05) is 30.4 Å². The van der Waals surface area contributed by atoms with E-state index >= 15 is 0 Å². The molecule has 0 bridgehead atoms. The van der Waals surface area contributed by atoms with Crippen molar-refractivity contribution in [2.24, 2.45) is 0 Å². The lowest BCUT2D eigenvalue weighted by atomic mass is 10.1. The van der Waals surface area contributed by atoms with Gasteiger partial charge in [0, 0.05) is 12.1 Å². The first-order valence-corrected chi connectivity index (χ1v) is 11.5. The first-order valence-electron chi connectivity index (χ1n) is 10.0. The average Bonchev–Trinajstić information content (AvgIpc) is 2.83. The fraction of sp³-hybridized carbons (Fsp3) is 0.174. The first-order chi connectivity index (χ1) is 16.2. The van der Waals surface area contributed by atoms with Gasteiger partial charge in [0.15, 0.2) is 0 Å². The predicted octanol–water partition coefficient (Wildman–Crippen LogP) is 3.75. The highest BCUT2D eigenvalue weighted by atomic mass is 32.2. The average molecular weight is 486 g/mol. The normalized spacial score (nSPS) is 10.9. The Morgan fingerprint density at radius 2 is 1.74 bits per heavy atom. The third-order valence-corrected chi connectivity index (χ3v) is 6.82. The van der Waals surface area contributed by atoms with Crippen LogP contribution in [0.4, 0.5) is 17.1 Å². The smallest absolute Gasteiger partial charge is 0.274 e. The van der Waals surface area contributed by atoms with Gasteiger partial charge >= 0.3 is 0 Å². The van der Waals surface area contributed by atoms with E-state index in [-0.39, 0.29) is 33.3 Å². The Labute approximate surface area is 196 Å². The summed E-state index contributed by atoms with van der Waals surface area (Å²) in [5.41, 5.74) is 0.379. The Bertz CT molecular complexity index is 1310. The molecule has 11 heteroatoms. The number of anilines is 2. The number of benzene rings is 3. The molecule has 0 radical (unpaired) electrons. The minimum absolute atomic E-state index is 0.0285. The number of nitro benzene ring substituents is 1. The van der Waals surface area contributed by atoms with E-state index in [1.807, 2.05) is 0 Å². The summed E-state index contributed by atoms with van der Waals surface area (Å²) in [5.74, 6) is -0.133. The van der Waals surface area contributed by atoms with Crippen LogP contribution in [0.15, 0.2) is 71.6 Å². The molecular weight excluding hydrogens is 462 g/mol. The van der Waals surface area contributed by atoms with Crippen LogP contribution in [-0.2, 0) is 14.8 Å². The fourth-order valence-electron chi connectivity index (χ4n) is 3.29. The Hall–Kier alpha value is -4.12. The fourth-order valence-corrected chi connectivity index (χ4v) is 4.73. The number of carbonyl (C=O) groups excluding carboxylic acids is 1. The van der Waals surface area contributed by atoms with E-state index in [9.17, 15) is 23.3 Å². The van der Waals surface area contributed by atoms with Crippen molar-refractivity contribution in [3.05, 3.63) is 82.4 Å². The molecule has 0 atom stereocenters. The number of nitro groups is 1. The molecule has 0 saturated carbocycles. The number of hydrogen-bond acceptors (Lipinski definition) is 7. The van der Waals surface area contributed by atoms with Gasteiger partial charge in [-0.2, -0.15) is 0 Å². The number of amides is 1. The molecule has 10 nitrogen and oxygen atoms in total. The van der Waals surface area contributed by atoms with Crippen LogP contribution < -0.4 is 19.1 Å². The number of ether oxygens (including phenoxy) is 2. The van der Waals surface area contributed by atoms with Gasteiger partial charge in [-0.3, -0.25) is 19.2 Å². The van der Waals surface area contributed by atoms with Gasteiger partial charge in [-0.15, -0.1) is 0 Å². The van der Waals surface area contributed by atoms with E-state index in [1.165, 1.54) is 63.6 Å². The van der Waals surface area contributed by atoms with Crippen molar-refractivity contribution < 1.29 is 27.6 Å². The highest BCUT2D eigenvalue weighted by molar-refractivity contribution is 7.92. The van der Waals surface area contributed by atoms with Gasteiger partial charge in [-0.05, 0) is 37.3 Å². The molecule has 1 amide bonds. The summed E-state index contributed by atoms with van der Waals surface area (Å²) in [4.78, 5) is 23.6. The number of carbonyl (C=O) groups is 1. The van der Waals surface area contributed by atoms with E-state index in [1.54, 1.807) is 24.3 Å². The molecule has 0 fully saturated rings. The molecular formula is C23H23N3O7S. The highest BCUT2D eigenvalue weighted by Gasteiger charge is 2.30. The molecule has 0 aliphatic carbocycles. The predicted molar refractivity (Wildman–Crippen MR) is 127 cm³/mol. The lowest BCUT2D eigenvalue weighted by Gasteiger charge is -2.26. The molecule has 0 aromatic heterocycles. The summed E-state index contributed by atoms with van der Waals surface area (Å²) in [6.07, 6.45) is 0. The van der Waals surface area contributed by atoms with E-state index in [4.69, 9.17) is 9.47 Å². The van der Waals surface area contributed by atoms with Crippen LogP contribution in [-0.4, -0.2) is 40.0 Å². The van der Waals surface area contributed by atoms with Gasteiger partial charge in [0.05, 0.1) is 41.0 Å². The summed E-state index contributed by atoms with van der Waals surface area (Å²) < 4.78 is 38.6. The minimum atomic E-state index is -4.20. The van der Waals surface area contributed by atoms with Crippen molar-refractivity contribution >= 4 is 33.0 Å². The zero-order chi connectivity index (χ0) is 24.9. The maximum Gasteiger partial charge on any atom is 0.274 e. The largest absolute Gasteiger partial charge is 0.497 e. The van der Waals surface area contributed by atoms with E-state index in [0.29, 0.717) is 5.75 Å². The summed E-state index contributed by atoms with van der Waals surface area (Å²) in [7, 11) is -1.39. The van der Waals surface area contributed by atoms with Gasteiger partial charge in [0.2, 0.25) is 5.91 Å². The number of rotatable bonds is 9. The van der Waals surface area contributed by atoms with Gasteiger partial charge in [-0.25, -0.2) is 8.42 Å². The third-order valence-electron chi connectivity index (χ3n) is 5.05.